The number of thioether (sulfide) groups is 1. The van der Waals surface area contributed by atoms with Gasteiger partial charge in [0, 0.05) is 16.3 Å². The van der Waals surface area contributed by atoms with Crippen molar-refractivity contribution < 1.29 is 8.42 Å². The van der Waals surface area contributed by atoms with Crippen LogP contribution < -0.4 is 10.9 Å². The van der Waals surface area contributed by atoms with E-state index in [4.69, 9.17) is 10.9 Å². The maximum atomic E-state index is 10.6. The molecule has 0 saturated carbocycles. The van der Waals surface area contributed by atoms with Crippen LogP contribution in [0.25, 0.3) is 0 Å². The molecule has 0 aliphatic rings. The molecule has 0 radical (unpaired) electrons. The van der Waals surface area contributed by atoms with Crippen molar-refractivity contribution in [3.8, 4) is 0 Å². The second-order valence-corrected chi connectivity index (χ2v) is 5.69. The summed E-state index contributed by atoms with van der Waals surface area (Å²) in [5.41, 5.74) is 6.23. The Morgan fingerprint density at radius 3 is 2.64 bits per heavy atom. The summed E-state index contributed by atoms with van der Waals surface area (Å²) in [6, 6.07) is 7.29. The molecular weight excluding hydrogens is 220 g/mol. The van der Waals surface area contributed by atoms with E-state index in [1.54, 1.807) is 12.1 Å². The smallest absolute Gasteiger partial charge is 0.209 e. The van der Waals surface area contributed by atoms with Gasteiger partial charge in [0.15, 0.2) is 0 Å². The summed E-state index contributed by atoms with van der Waals surface area (Å²) >= 11 is 1.42. The second-order valence-electron chi connectivity index (χ2n) is 2.79. The fraction of sp³-hybridized carbons (Fsp3) is 0.250. The van der Waals surface area contributed by atoms with Crippen LogP contribution in [0.1, 0.15) is 0 Å². The number of rotatable bonds is 4. The third-order valence-electron chi connectivity index (χ3n) is 1.49. The first-order valence-corrected chi connectivity index (χ1v) is 6.66. The van der Waals surface area contributed by atoms with Crippen LogP contribution >= 0.6 is 11.8 Å². The van der Waals surface area contributed by atoms with Crippen molar-refractivity contribution in [3.05, 3.63) is 24.3 Å². The van der Waals surface area contributed by atoms with E-state index in [0.717, 1.165) is 4.90 Å². The van der Waals surface area contributed by atoms with Gasteiger partial charge >= 0.3 is 0 Å². The fourth-order valence-electron chi connectivity index (χ4n) is 0.880. The zero-order valence-corrected chi connectivity index (χ0v) is 9.14. The summed E-state index contributed by atoms with van der Waals surface area (Å²) in [6.07, 6.45) is 0. The molecule has 0 spiro atoms. The Morgan fingerprint density at radius 2 is 2.07 bits per heavy atom. The third-order valence-corrected chi connectivity index (χ3v) is 3.52. The lowest BCUT2D eigenvalue weighted by atomic mass is 10.3. The van der Waals surface area contributed by atoms with Gasteiger partial charge in [-0.05, 0) is 18.2 Å². The van der Waals surface area contributed by atoms with Gasteiger partial charge in [-0.15, -0.1) is 11.8 Å². The molecule has 0 heterocycles. The van der Waals surface area contributed by atoms with Crippen LogP contribution in [0.3, 0.4) is 0 Å². The minimum atomic E-state index is -3.36. The van der Waals surface area contributed by atoms with Gasteiger partial charge in [0.25, 0.3) is 0 Å². The Kier molecular flexibility index (Phi) is 3.79. The van der Waals surface area contributed by atoms with E-state index in [0.29, 0.717) is 11.4 Å². The van der Waals surface area contributed by atoms with Crippen molar-refractivity contribution in [2.45, 2.75) is 4.90 Å². The molecule has 78 valence electrons. The topological polar surface area (TPSA) is 86.2 Å². The first-order chi connectivity index (χ1) is 6.47. The first kappa shape index (κ1) is 11.4. The molecule has 0 atom stereocenters. The van der Waals surface area contributed by atoms with E-state index in [9.17, 15) is 8.42 Å². The minimum absolute atomic E-state index is 0.0214. The summed E-state index contributed by atoms with van der Waals surface area (Å²) in [5.74, 6) is 0.425. The van der Waals surface area contributed by atoms with Crippen LogP contribution in [0.5, 0.6) is 0 Å². The Hall–Kier alpha value is -0.720. The predicted octanol–water partition coefficient (Wildman–Crippen LogP) is 0.649. The van der Waals surface area contributed by atoms with Crippen LogP contribution in [0.4, 0.5) is 5.69 Å². The highest BCUT2D eigenvalue weighted by atomic mass is 32.2. The number of sulfonamides is 1. The molecule has 1 rings (SSSR count). The van der Waals surface area contributed by atoms with Crippen molar-refractivity contribution >= 4 is 27.5 Å². The van der Waals surface area contributed by atoms with Gasteiger partial charge in [0.2, 0.25) is 10.0 Å². The van der Waals surface area contributed by atoms with E-state index in [-0.39, 0.29) is 5.75 Å². The van der Waals surface area contributed by atoms with E-state index in [1.807, 2.05) is 12.1 Å². The van der Waals surface area contributed by atoms with Gasteiger partial charge in [-0.3, -0.25) is 0 Å². The molecule has 0 bridgehead atoms. The normalized spacial score (nSPS) is 11.5. The highest BCUT2D eigenvalue weighted by Crippen LogP contribution is 2.19. The van der Waals surface area contributed by atoms with Crippen molar-refractivity contribution in [1.29, 1.82) is 0 Å². The van der Waals surface area contributed by atoms with Gasteiger partial charge in [0.05, 0.1) is 5.75 Å². The molecule has 0 fully saturated rings. The van der Waals surface area contributed by atoms with Crippen LogP contribution in [-0.4, -0.2) is 19.9 Å². The van der Waals surface area contributed by atoms with E-state index in [2.05, 4.69) is 0 Å². The minimum Gasteiger partial charge on any atom is -0.399 e. The summed E-state index contributed by atoms with van der Waals surface area (Å²) in [5, 5.41) is 4.86. The average molecular weight is 232 g/mol. The van der Waals surface area contributed by atoms with E-state index >= 15 is 0 Å². The molecular formula is C8H12N2O2S2. The van der Waals surface area contributed by atoms with Gasteiger partial charge in [-0.1, -0.05) is 6.07 Å². The average Bonchev–Trinajstić information content (AvgIpc) is 2.01. The van der Waals surface area contributed by atoms with E-state index < -0.39 is 10.0 Å². The Bertz CT molecular complexity index is 404. The van der Waals surface area contributed by atoms with Gasteiger partial charge in [-0.25, -0.2) is 13.6 Å². The maximum Gasteiger partial charge on any atom is 0.209 e. The van der Waals surface area contributed by atoms with Crippen LogP contribution in [0.15, 0.2) is 29.2 Å². The Labute approximate surface area is 87.7 Å². The summed E-state index contributed by atoms with van der Waals surface area (Å²) in [4.78, 5) is 0.952. The number of nitrogens with two attached hydrogens (primary N) is 2. The van der Waals surface area contributed by atoms with Crippen molar-refractivity contribution in [2.24, 2.45) is 5.14 Å². The lowest BCUT2D eigenvalue weighted by molar-refractivity contribution is 0.599. The zero-order chi connectivity index (χ0) is 10.6. The molecule has 1 aromatic rings. The molecule has 1 aromatic carbocycles. The molecule has 0 unspecified atom stereocenters. The Balaban J connectivity index is 2.47. The van der Waals surface area contributed by atoms with Crippen molar-refractivity contribution in [3.63, 3.8) is 0 Å². The number of benzene rings is 1. The lowest BCUT2D eigenvalue weighted by Gasteiger charge is -2.01. The molecule has 0 aliphatic heterocycles. The number of hydrogen-bond donors (Lipinski definition) is 2. The highest BCUT2D eigenvalue weighted by Gasteiger charge is 2.02. The fourth-order valence-corrected chi connectivity index (χ4v) is 2.77. The summed E-state index contributed by atoms with van der Waals surface area (Å²) in [6.45, 7) is 0. The van der Waals surface area contributed by atoms with Gasteiger partial charge in [0.1, 0.15) is 0 Å². The van der Waals surface area contributed by atoms with Crippen molar-refractivity contribution in [2.75, 3.05) is 17.2 Å². The standard InChI is InChI=1S/C8H12N2O2S2/c9-7-2-1-3-8(6-7)13-4-5-14(10,11)12/h1-3,6H,4-5,9H2,(H2,10,11,12). The monoisotopic (exact) mass is 232 g/mol. The number of anilines is 1. The SMILES string of the molecule is Nc1cccc(SCCS(N)(=O)=O)c1. The number of hydrogen-bond acceptors (Lipinski definition) is 4. The molecule has 14 heavy (non-hydrogen) atoms. The molecule has 4 nitrogen and oxygen atoms in total. The maximum absolute atomic E-state index is 10.6. The molecule has 0 amide bonds. The van der Waals surface area contributed by atoms with Crippen molar-refractivity contribution in [1.82, 2.24) is 0 Å². The van der Waals surface area contributed by atoms with Crippen LogP contribution in [0, 0.1) is 0 Å². The second kappa shape index (κ2) is 4.68. The molecule has 6 heteroatoms. The Morgan fingerprint density at radius 1 is 1.36 bits per heavy atom. The van der Waals surface area contributed by atoms with Crippen LogP contribution in [0.2, 0.25) is 0 Å². The first-order valence-electron chi connectivity index (χ1n) is 3.96. The summed E-state index contributed by atoms with van der Waals surface area (Å²) < 4.78 is 21.3. The lowest BCUT2D eigenvalue weighted by Crippen LogP contribution is -2.17. The molecule has 4 N–H and O–H groups in total. The number of nitrogen functional groups attached to an aromatic ring is 1. The molecule has 0 aromatic heterocycles. The quantitative estimate of drug-likeness (QED) is 0.589. The van der Waals surface area contributed by atoms with E-state index in [1.165, 1.54) is 11.8 Å². The number of primary sulfonamides is 1. The van der Waals surface area contributed by atoms with Gasteiger partial charge in [-0.2, -0.15) is 0 Å². The van der Waals surface area contributed by atoms with Crippen LogP contribution in [-0.2, 0) is 10.0 Å². The largest absolute Gasteiger partial charge is 0.399 e. The molecule has 0 aliphatic carbocycles. The highest BCUT2D eigenvalue weighted by molar-refractivity contribution is 8.00. The van der Waals surface area contributed by atoms with Gasteiger partial charge < -0.3 is 5.73 Å². The summed E-state index contributed by atoms with van der Waals surface area (Å²) in [7, 11) is -3.36. The third kappa shape index (κ3) is 4.50. The molecule has 0 saturated heterocycles. The zero-order valence-electron chi connectivity index (χ0n) is 7.51. The predicted molar refractivity (Wildman–Crippen MR) is 59.6 cm³/mol.